The molecule has 1 saturated heterocycles. The summed E-state index contributed by atoms with van der Waals surface area (Å²) in [5.74, 6) is -3.38. The zero-order valence-electron chi connectivity index (χ0n) is 31.3. The van der Waals surface area contributed by atoms with E-state index in [1.807, 2.05) is 13.0 Å². The van der Waals surface area contributed by atoms with Crippen LogP contribution in [0.4, 0.5) is 25.8 Å². The molecule has 3 heterocycles. The standard InChI is InChI=1S/C41H42Cl2F2N6O5/c1-6-29(53)50-18-22(3)51-25(19-50)13-15-55-40-26(16-30(54)56-20-24-10-8-7-9-11-24)31(32-34(44)27(42)17-28(43)38(32)47-5)35(45)39(33(40)41(51)46)49-36-21(2)12-14-48-37(36)23(4)52/h6-12,14,17,22-23,25,46-47,49,52H,1,13,15-16,18-20H2,2-5H3. The van der Waals surface area contributed by atoms with Crippen LogP contribution in [-0.2, 0) is 27.4 Å². The van der Waals surface area contributed by atoms with Gasteiger partial charge in [-0.25, -0.2) is 8.78 Å². The fourth-order valence-electron chi connectivity index (χ4n) is 7.42. The van der Waals surface area contributed by atoms with Crippen molar-refractivity contribution in [2.24, 2.45) is 0 Å². The summed E-state index contributed by atoms with van der Waals surface area (Å²) in [4.78, 5) is 34.3. The summed E-state index contributed by atoms with van der Waals surface area (Å²) in [6, 6.07) is 11.0. The molecule has 0 saturated carbocycles. The molecule has 0 aliphatic carbocycles. The lowest BCUT2D eigenvalue weighted by Gasteiger charge is -2.48. The van der Waals surface area contributed by atoms with E-state index in [1.54, 1.807) is 47.1 Å². The molecule has 2 aliphatic heterocycles. The molecule has 0 radical (unpaired) electrons. The second-order valence-corrected chi connectivity index (χ2v) is 14.6. The number of esters is 1. The van der Waals surface area contributed by atoms with E-state index in [2.05, 4.69) is 22.2 Å². The fraction of sp³-hybridized carbons (Fsp3) is 0.317. The number of hydrogen-bond acceptors (Lipinski definition) is 9. The van der Waals surface area contributed by atoms with Crippen LogP contribution in [0.25, 0.3) is 11.1 Å². The third-order valence-electron chi connectivity index (χ3n) is 10.0. The highest BCUT2D eigenvalue weighted by Crippen LogP contribution is 2.50. The number of nitrogens with one attached hydrogen (secondary N) is 3. The van der Waals surface area contributed by atoms with Crippen LogP contribution in [0.3, 0.4) is 0 Å². The predicted molar refractivity (Wildman–Crippen MR) is 213 cm³/mol. The summed E-state index contributed by atoms with van der Waals surface area (Å²) in [6.07, 6.45) is 1.36. The summed E-state index contributed by atoms with van der Waals surface area (Å²) in [6.45, 7) is 9.12. The Balaban J connectivity index is 1.66. The minimum atomic E-state index is -1.10. The summed E-state index contributed by atoms with van der Waals surface area (Å²) in [5.41, 5.74) is 0.416. The van der Waals surface area contributed by atoms with Crippen molar-refractivity contribution in [1.29, 1.82) is 5.41 Å². The van der Waals surface area contributed by atoms with Gasteiger partial charge in [-0.05, 0) is 50.1 Å². The maximum atomic E-state index is 18.1. The second kappa shape index (κ2) is 16.9. The van der Waals surface area contributed by atoms with Gasteiger partial charge in [0.1, 0.15) is 18.2 Å². The third-order valence-corrected chi connectivity index (χ3v) is 10.6. The fourth-order valence-corrected chi connectivity index (χ4v) is 7.98. The molecule has 11 nitrogen and oxygen atoms in total. The third kappa shape index (κ3) is 7.75. The maximum absolute atomic E-state index is 18.1. The number of aliphatic hydroxyl groups excluding tert-OH is 1. The number of amidine groups is 1. The Morgan fingerprint density at radius 3 is 2.52 bits per heavy atom. The Hall–Kier alpha value is -5.24. The second-order valence-electron chi connectivity index (χ2n) is 13.8. The molecule has 1 amide bonds. The first kappa shape index (κ1) is 40.4. The summed E-state index contributed by atoms with van der Waals surface area (Å²) in [7, 11) is 1.48. The lowest BCUT2D eigenvalue weighted by atomic mass is 9.88. The van der Waals surface area contributed by atoms with Gasteiger partial charge in [0.05, 0.1) is 63.5 Å². The van der Waals surface area contributed by atoms with Gasteiger partial charge in [0.15, 0.2) is 11.6 Å². The van der Waals surface area contributed by atoms with Gasteiger partial charge >= 0.3 is 5.97 Å². The first-order chi connectivity index (χ1) is 26.8. The Morgan fingerprint density at radius 2 is 1.84 bits per heavy atom. The van der Waals surface area contributed by atoms with Gasteiger partial charge < -0.3 is 35.0 Å². The number of ether oxygens (including phenoxy) is 2. The lowest BCUT2D eigenvalue weighted by molar-refractivity contribution is -0.144. The molecule has 3 aromatic carbocycles. The molecule has 4 N–H and O–H groups in total. The first-order valence-electron chi connectivity index (χ1n) is 18.0. The number of rotatable bonds is 10. The van der Waals surface area contributed by atoms with E-state index >= 15 is 8.78 Å². The van der Waals surface area contributed by atoms with Gasteiger partial charge in [0, 0.05) is 55.5 Å². The van der Waals surface area contributed by atoms with E-state index in [1.165, 1.54) is 32.3 Å². The Labute approximate surface area is 333 Å². The molecule has 1 aromatic heterocycles. The average molecular weight is 808 g/mol. The number of amides is 1. The van der Waals surface area contributed by atoms with E-state index in [-0.39, 0.29) is 88.3 Å². The average Bonchev–Trinajstić information content (AvgIpc) is 3.16. The van der Waals surface area contributed by atoms with Crippen LogP contribution in [0.1, 0.15) is 54.3 Å². The van der Waals surface area contributed by atoms with Crippen molar-refractivity contribution in [3.05, 3.63) is 111 Å². The number of halogens is 4. The number of anilines is 3. The minimum Gasteiger partial charge on any atom is -0.492 e. The number of carbonyl (C=O) groups excluding carboxylic acids is 2. The van der Waals surface area contributed by atoms with Crippen LogP contribution in [0.15, 0.2) is 61.3 Å². The summed E-state index contributed by atoms with van der Waals surface area (Å²) < 4.78 is 46.8. The SMILES string of the molecule is C=CC(=O)N1CC(C)N2C(=N)c3c(Nc4c(C)ccnc4C(C)O)c(F)c(-c4c(F)c(Cl)cc(Cl)c4NC)c(CC(=O)OCc4ccccc4)c3OCCC2C1. The van der Waals surface area contributed by atoms with Crippen LogP contribution in [0, 0.1) is 24.0 Å². The van der Waals surface area contributed by atoms with Gasteiger partial charge in [0.2, 0.25) is 5.91 Å². The molecule has 15 heteroatoms. The van der Waals surface area contributed by atoms with E-state index in [4.69, 9.17) is 32.7 Å². The monoisotopic (exact) mass is 806 g/mol. The highest BCUT2D eigenvalue weighted by Gasteiger charge is 2.41. The predicted octanol–water partition coefficient (Wildman–Crippen LogP) is 7.96. The highest BCUT2D eigenvalue weighted by atomic mass is 35.5. The molecular weight excluding hydrogens is 765 g/mol. The normalized spacial score (nSPS) is 17.1. The van der Waals surface area contributed by atoms with Gasteiger partial charge in [-0.3, -0.25) is 20.0 Å². The Morgan fingerprint density at radius 1 is 1.11 bits per heavy atom. The molecule has 2 aliphatic rings. The van der Waals surface area contributed by atoms with Crippen molar-refractivity contribution < 1.29 is 33.0 Å². The molecule has 6 rings (SSSR count). The minimum absolute atomic E-state index is 0.00335. The van der Waals surface area contributed by atoms with E-state index < -0.39 is 52.8 Å². The zero-order valence-corrected chi connectivity index (χ0v) is 32.8. The maximum Gasteiger partial charge on any atom is 0.310 e. The van der Waals surface area contributed by atoms with Crippen LogP contribution in [0.2, 0.25) is 10.0 Å². The van der Waals surface area contributed by atoms with Crippen LogP contribution >= 0.6 is 23.2 Å². The first-order valence-corrected chi connectivity index (χ1v) is 18.8. The number of piperazine rings is 1. The van der Waals surface area contributed by atoms with Gasteiger partial charge in [-0.2, -0.15) is 0 Å². The van der Waals surface area contributed by atoms with E-state index in [9.17, 15) is 20.1 Å². The molecular formula is C41H42Cl2F2N6O5. The Kier molecular flexibility index (Phi) is 12.2. The molecule has 294 valence electrons. The summed E-state index contributed by atoms with van der Waals surface area (Å²) in [5, 5.41) is 26.1. The molecule has 4 aromatic rings. The number of aryl methyl sites for hydroxylation is 1. The molecule has 56 heavy (non-hydrogen) atoms. The van der Waals surface area contributed by atoms with Crippen LogP contribution in [-0.4, -0.2) is 76.4 Å². The van der Waals surface area contributed by atoms with Crippen molar-refractivity contribution in [3.63, 3.8) is 0 Å². The largest absolute Gasteiger partial charge is 0.492 e. The number of carbonyl (C=O) groups is 2. The lowest BCUT2D eigenvalue weighted by Crippen LogP contribution is -2.61. The van der Waals surface area contributed by atoms with Crippen molar-refractivity contribution in [3.8, 4) is 16.9 Å². The number of fused-ring (bicyclic) bond motifs is 2. The Bertz CT molecular complexity index is 2210. The number of hydrogen-bond donors (Lipinski definition) is 4. The van der Waals surface area contributed by atoms with Gasteiger partial charge in [0.25, 0.3) is 0 Å². The van der Waals surface area contributed by atoms with Crippen molar-refractivity contribution in [1.82, 2.24) is 14.8 Å². The number of pyridine rings is 1. The smallest absolute Gasteiger partial charge is 0.310 e. The van der Waals surface area contributed by atoms with Crippen molar-refractivity contribution >= 4 is 58.0 Å². The van der Waals surface area contributed by atoms with E-state index in [0.717, 1.165) is 0 Å². The van der Waals surface area contributed by atoms with Gasteiger partial charge in [-0.1, -0.05) is 60.1 Å². The number of aromatic nitrogens is 1. The highest BCUT2D eigenvalue weighted by molar-refractivity contribution is 6.37. The van der Waals surface area contributed by atoms with Gasteiger partial charge in [-0.15, -0.1) is 0 Å². The number of benzene rings is 3. The molecule has 3 atom stereocenters. The molecule has 0 bridgehead atoms. The van der Waals surface area contributed by atoms with Crippen molar-refractivity contribution in [2.45, 2.75) is 58.4 Å². The number of nitrogens with zero attached hydrogens (tertiary/aromatic N) is 3. The van der Waals surface area contributed by atoms with Crippen LogP contribution < -0.4 is 15.4 Å². The topological polar surface area (TPSA) is 140 Å². The number of aliphatic hydroxyl groups is 1. The molecule has 0 spiro atoms. The molecule has 1 fully saturated rings. The molecule has 3 unspecified atom stereocenters. The van der Waals surface area contributed by atoms with Crippen molar-refractivity contribution in [2.75, 3.05) is 37.4 Å². The quantitative estimate of drug-likeness (QED) is 0.0714. The zero-order chi connectivity index (χ0) is 40.4. The van der Waals surface area contributed by atoms with Crippen LogP contribution in [0.5, 0.6) is 5.75 Å². The van der Waals surface area contributed by atoms with E-state index in [0.29, 0.717) is 17.5 Å². The summed E-state index contributed by atoms with van der Waals surface area (Å²) >= 11 is 13.0.